The molecule has 2 N–H and O–H groups in total. The number of nitrogens with zero attached hydrogens (tertiary/aromatic N) is 3. The van der Waals surface area contributed by atoms with Gasteiger partial charge in [-0.05, 0) is 42.8 Å². The Hall–Kier alpha value is -2.56. The highest BCUT2D eigenvalue weighted by Gasteiger charge is 2.10. The van der Waals surface area contributed by atoms with Gasteiger partial charge in [-0.2, -0.15) is 5.11 Å². The minimum absolute atomic E-state index is 0.0221. The summed E-state index contributed by atoms with van der Waals surface area (Å²) in [6.07, 6.45) is 0.526. The van der Waals surface area contributed by atoms with E-state index in [2.05, 4.69) is 10.2 Å². The van der Waals surface area contributed by atoms with Crippen LogP contribution in [-0.4, -0.2) is 24.3 Å². The maximum absolute atomic E-state index is 10.0. The summed E-state index contributed by atoms with van der Waals surface area (Å²) < 4.78 is 0. The fraction of sp³-hybridized carbons (Fsp3) is 0.250. The molecule has 2 aromatic carbocycles. The van der Waals surface area contributed by atoms with E-state index in [9.17, 15) is 10.2 Å². The molecule has 2 rings (SSSR count). The lowest BCUT2D eigenvalue weighted by molar-refractivity contribution is 0.440. The van der Waals surface area contributed by atoms with Gasteiger partial charge in [0.15, 0.2) is 0 Å². The number of phenols is 2. The number of hydrogen-bond acceptors (Lipinski definition) is 5. The van der Waals surface area contributed by atoms with Gasteiger partial charge in [-0.3, -0.25) is 0 Å². The van der Waals surface area contributed by atoms with Crippen LogP contribution in [-0.2, 0) is 6.42 Å². The monoisotopic (exact) mass is 285 g/mol. The third-order valence-electron chi connectivity index (χ3n) is 3.23. The molecule has 0 aliphatic carbocycles. The van der Waals surface area contributed by atoms with E-state index in [0.29, 0.717) is 23.4 Å². The summed E-state index contributed by atoms with van der Waals surface area (Å²) in [7, 11) is 3.94. The molecule has 5 nitrogen and oxygen atoms in total. The number of phenolic OH excluding ortho intramolecular Hbond substituents is 2. The van der Waals surface area contributed by atoms with Crippen molar-refractivity contribution in [3.05, 3.63) is 42.0 Å². The lowest BCUT2D eigenvalue weighted by Gasteiger charge is -2.11. The fourth-order valence-electron chi connectivity index (χ4n) is 1.97. The van der Waals surface area contributed by atoms with Crippen LogP contribution in [0.25, 0.3) is 0 Å². The maximum Gasteiger partial charge on any atom is 0.149 e. The zero-order valence-electron chi connectivity index (χ0n) is 12.4. The van der Waals surface area contributed by atoms with Gasteiger partial charge in [0, 0.05) is 25.3 Å². The van der Waals surface area contributed by atoms with E-state index in [1.807, 2.05) is 50.2 Å². The van der Waals surface area contributed by atoms with E-state index in [-0.39, 0.29) is 11.5 Å². The summed E-state index contributed by atoms with van der Waals surface area (Å²) in [4.78, 5) is 2.00. The Kier molecular flexibility index (Phi) is 4.42. The largest absolute Gasteiger partial charge is 0.508 e. The highest BCUT2D eigenvalue weighted by Crippen LogP contribution is 2.37. The fourth-order valence-corrected chi connectivity index (χ4v) is 1.97. The van der Waals surface area contributed by atoms with Gasteiger partial charge in [-0.15, -0.1) is 5.11 Å². The minimum Gasteiger partial charge on any atom is -0.508 e. The summed E-state index contributed by atoms with van der Waals surface area (Å²) in [5, 5.41) is 27.8. The number of anilines is 1. The van der Waals surface area contributed by atoms with Crippen LogP contribution in [0.4, 0.5) is 17.1 Å². The van der Waals surface area contributed by atoms with E-state index in [1.54, 1.807) is 6.07 Å². The second-order valence-electron chi connectivity index (χ2n) is 4.90. The van der Waals surface area contributed by atoms with E-state index in [1.165, 1.54) is 6.07 Å². The summed E-state index contributed by atoms with van der Waals surface area (Å²) >= 11 is 0. The molecule has 0 saturated heterocycles. The van der Waals surface area contributed by atoms with Crippen molar-refractivity contribution in [1.29, 1.82) is 0 Å². The number of rotatable bonds is 4. The predicted molar refractivity (Wildman–Crippen MR) is 84.1 cm³/mol. The van der Waals surface area contributed by atoms with Crippen LogP contribution in [0.1, 0.15) is 12.5 Å². The van der Waals surface area contributed by atoms with Crippen molar-refractivity contribution in [2.75, 3.05) is 19.0 Å². The summed E-state index contributed by atoms with van der Waals surface area (Å²) in [5.41, 5.74) is 2.61. The minimum atomic E-state index is -0.0221. The molecular formula is C16H19N3O2. The molecule has 5 heteroatoms. The highest BCUT2D eigenvalue weighted by atomic mass is 16.3. The third kappa shape index (κ3) is 3.31. The van der Waals surface area contributed by atoms with Gasteiger partial charge in [0.1, 0.15) is 17.2 Å². The summed E-state index contributed by atoms with van der Waals surface area (Å²) in [5.74, 6) is 0.0513. The Morgan fingerprint density at radius 2 is 1.62 bits per heavy atom. The van der Waals surface area contributed by atoms with E-state index >= 15 is 0 Å². The summed E-state index contributed by atoms with van der Waals surface area (Å²) in [6.45, 7) is 1.86. The van der Waals surface area contributed by atoms with Crippen molar-refractivity contribution in [2.45, 2.75) is 13.3 Å². The van der Waals surface area contributed by atoms with Crippen molar-refractivity contribution in [3.63, 3.8) is 0 Å². The lowest BCUT2D eigenvalue weighted by Crippen LogP contribution is -2.07. The lowest BCUT2D eigenvalue weighted by atomic mass is 10.1. The Balaban J connectivity index is 2.25. The van der Waals surface area contributed by atoms with Gasteiger partial charge < -0.3 is 15.1 Å². The van der Waals surface area contributed by atoms with E-state index in [4.69, 9.17) is 0 Å². The van der Waals surface area contributed by atoms with Gasteiger partial charge in [-0.1, -0.05) is 6.92 Å². The average Bonchev–Trinajstić information content (AvgIpc) is 2.47. The van der Waals surface area contributed by atoms with Crippen LogP contribution in [0.3, 0.4) is 0 Å². The number of hydrogen-bond donors (Lipinski definition) is 2. The molecule has 0 unspecified atom stereocenters. The molecule has 0 saturated carbocycles. The van der Waals surface area contributed by atoms with Gasteiger partial charge in [0.25, 0.3) is 0 Å². The standard InChI is InChI=1S/C16H19N3O2/c1-4-13-15(20)10-9-14(16(13)21)18-17-11-5-7-12(8-6-11)19(2)3/h5-10,20-21H,4H2,1-3H3. The van der Waals surface area contributed by atoms with Gasteiger partial charge in [0.05, 0.1) is 5.69 Å². The maximum atomic E-state index is 10.0. The van der Waals surface area contributed by atoms with Crippen LogP contribution >= 0.6 is 0 Å². The molecule has 21 heavy (non-hydrogen) atoms. The number of aromatic hydroxyl groups is 2. The molecule has 2 aromatic rings. The molecular weight excluding hydrogens is 266 g/mol. The molecule has 0 fully saturated rings. The first-order chi connectivity index (χ1) is 10.0. The average molecular weight is 285 g/mol. The van der Waals surface area contributed by atoms with Crippen molar-refractivity contribution in [1.82, 2.24) is 0 Å². The number of benzene rings is 2. The van der Waals surface area contributed by atoms with Gasteiger partial charge in [0.2, 0.25) is 0 Å². The van der Waals surface area contributed by atoms with E-state index in [0.717, 1.165) is 5.69 Å². The van der Waals surface area contributed by atoms with Crippen LogP contribution in [0.2, 0.25) is 0 Å². The Labute approximate surface area is 124 Å². The Bertz CT molecular complexity index is 649. The van der Waals surface area contributed by atoms with Crippen molar-refractivity contribution in [2.24, 2.45) is 10.2 Å². The molecule has 0 atom stereocenters. The highest BCUT2D eigenvalue weighted by molar-refractivity contribution is 5.60. The summed E-state index contributed by atoms with van der Waals surface area (Å²) in [6, 6.07) is 10.7. The first-order valence-corrected chi connectivity index (χ1v) is 6.76. The third-order valence-corrected chi connectivity index (χ3v) is 3.23. The van der Waals surface area contributed by atoms with Gasteiger partial charge >= 0.3 is 0 Å². The SMILES string of the molecule is CCc1c(O)ccc(N=Nc2ccc(N(C)C)cc2)c1O. The smallest absolute Gasteiger partial charge is 0.149 e. The molecule has 0 radical (unpaired) electrons. The van der Waals surface area contributed by atoms with Crippen LogP contribution < -0.4 is 4.90 Å². The molecule has 0 amide bonds. The second kappa shape index (κ2) is 6.26. The quantitative estimate of drug-likeness (QED) is 0.829. The van der Waals surface area contributed by atoms with Crippen LogP contribution in [0.5, 0.6) is 11.5 Å². The molecule has 0 aliphatic rings. The zero-order chi connectivity index (χ0) is 15.4. The molecule has 0 aromatic heterocycles. The van der Waals surface area contributed by atoms with Crippen LogP contribution in [0, 0.1) is 0 Å². The molecule has 0 spiro atoms. The van der Waals surface area contributed by atoms with Gasteiger partial charge in [-0.25, -0.2) is 0 Å². The molecule has 0 aliphatic heterocycles. The second-order valence-corrected chi connectivity index (χ2v) is 4.90. The Morgan fingerprint density at radius 1 is 0.952 bits per heavy atom. The van der Waals surface area contributed by atoms with Crippen LogP contribution in [0.15, 0.2) is 46.6 Å². The first-order valence-electron chi connectivity index (χ1n) is 6.76. The molecule has 0 heterocycles. The molecule has 110 valence electrons. The van der Waals surface area contributed by atoms with Crippen molar-refractivity contribution >= 4 is 17.1 Å². The number of azo groups is 1. The zero-order valence-corrected chi connectivity index (χ0v) is 12.4. The van der Waals surface area contributed by atoms with E-state index < -0.39 is 0 Å². The predicted octanol–water partition coefficient (Wildman–Crippen LogP) is 4.14. The van der Waals surface area contributed by atoms with Crippen molar-refractivity contribution < 1.29 is 10.2 Å². The first kappa shape index (κ1) is 14.8. The molecule has 0 bridgehead atoms. The topological polar surface area (TPSA) is 68.4 Å². The normalized spacial score (nSPS) is 11.0. The van der Waals surface area contributed by atoms with Crippen molar-refractivity contribution in [3.8, 4) is 11.5 Å². The Morgan fingerprint density at radius 3 is 2.19 bits per heavy atom.